The van der Waals surface area contributed by atoms with E-state index in [1.165, 1.54) is 0 Å². The van der Waals surface area contributed by atoms with Crippen LogP contribution < -0.4 is 10.1 Å². The number of nitrogens with one attached hydrogen (secondary N) is 1. The fraction of sp³-hybridized carbons (Fsp3) is 0.450. The van der Waals surface area contributed by atoms with Crippen LogP contribution in [0.25, 0.3) is 0 Å². The van der Waals surface area contributed by atoms with Gasteiger partial charge in [0, 0.05) is 6.54 Å². The maximum Gasteiger partial charge on any atom is 0.338 e. The molecule has 0 radical (unpaired) electrons. The Morgan fingerprint density at radius 1 is 1.15 bits per heavy atom. The van der Waals surface area contributed by atoms with Crippen LogP contribution in [-0.4, -0.2) is 30.2 Å². The number of carbonyl (C=O) groups excluding carboxylic acids is 2. The van der Waals surface area contributed by atoms with Crippen molar-refractivity contribution >= 4 is 11.9 Å². The van der Waals surface area contributed by atoms with Crippen LogP contribution in [-0.2, 0) is 16.1 Å². The molecule has 1 amide bonds. The van der Waals surface area contributed by atoms with E-state index in [2.05, 4.69) is 17.4 Å². The second kappa shape index (κ2) is 10.4. The molecule has 27 heavy (non-hydrogen) atoms. The highest BCUT2D eigenvalue weighted by atomic mass is 16.5. The number of esters is 1. The molecular formula is C20H26N2O5. The quantitative estimate of drug-likeness (QED) is 0.507. The number of hydrogen-bond acceptors (Lipinski definition) is 6. The lowest BCUT2D eigenvalue weighted by Gasteiger charge is -2.08. The number of rotatable bonds is 10. The van der Waals surface area contributed by atoms with Crippen molar-refractivity contribution in [3.63, 3.8) is 0 Å². The van der Waals surface area contributed by atoms with Crippen molar-refractivity contribution in [2.45, 2.75) is 46.6 Å². The van der Waals surface area contributed by atoms with Gasteiger partial charge < -0.3 is 19.3 Å². The van der Waals surface area contributed by atoms with Crippen LogP contribution in [0, 0.1) is 13.8 Å². The summed E-state index contributed by atoms with van der Waals surface area (Å²) in [4.78, 5) is 23.6. The number of aryl methyl sites for hydroxylation is 2. The largest absolute Gasteiger partial charge is 0.489 e. The zero-order valence-electron chi connectivity index (χ0n) is 16.0. The molecule has 7 nitrogen and oxygen atoms in total. The summed E-state index contributed by atoms with van der Waals surface area (Å²) in [6, 6.07) is 6.56. The number of ether oxygens (including phenoxy) is 2. The first-order valence-electron chi connectivity index (χ1n) is 9.09. The van der Waals surface area contributed by atoms with Crippen LogP contribution in [0.4, 0.5) is 0 Å². The van der Waals surface area contributed by atoms with Crippen LogP contribution in [0.15, 0.2) is 28.8 Å². The Kier molecular flexibility index (Phi) is 7.85. The Bertz CT molecular complexity index is 733. The lowest BCUT2D eigenvalue weighted by atomic mass is 10.2. The van der Waals surface area contributed by atoms with E-state index in [1.807, 2.05) is 13.8 Å². The lowest BCUT2D eigenvalue weighted by Crippen LogP contribution is -2.29. The van der Waals surface area contributed by atoms with Crippen LogP contribution in [0.2, 0.25) is 0 Å². The minimum Gasteiger partial charge on any atom is -0.489 e. The molecule has 146 valence electrons. The Hall–Kier alpha value is -2.83. The molecule has 2 rings (SSSR count). The molecule has 0 fully saturated rings. The zero-order chi connectivity index (χ0) is 19.6. The summed E-state index contributed by atoms with van der Waals surface area (Å²) < 4.78 is 15.8. The molecule has 0 saturated carbocycles. The molecular weight excluding hydrogens is 348 g/mol. The molecule has 0 aliphatic heterocycles. The van der Waals surface area contributed by atoms with Gasteiger partial charge >= 0.3 is 5.97 Å². The van der Waals surface area contributed by atoms with Gasteiger partial charge in [-0.3, -0.25) is 4.79 Å². The third-order valence-electron chi connectivity index (χ3n) is 4.09. The van der Waals surface area contributed by atoms with Crippen LogP contribution in [0.1, 0.15) is 53.6 Å². The number of nitrogens with zero attached hydrogens (tertiary/aromatic N) is 1. The molecule has 0 bridgehead atoms. The van der Waals surface area contributed by atoms with Crippen LogP contribution in [0.3, 0.4) is 0 Å². The first kappa shape index (κ1) is 20.5. The van der Waals surface area contributed by atoms with Gasteiger partial charge in [-0.25, -0.2) is 4.79 Å². The van der Waals surface area contributed by atoms with E-state index < -0.39 is 5.97 Å². The van der Waals surface area contributed by atoms with E-state index in [0.717, 1.165) is 36.3 Å². The van der Waals surface area contributed by atoms with Crippen molar-refractivity contribution in [1.29, 1.82) is 0 Å². The summed E-state index contributed by atoms with van der Waals surface area (Å²) in [5, 5.41) is 6.60. The van der Waals surface area contributed by atoms with E-state index in [-0.39, 0.29) is 12.5 Å². The van der Waals surface area contributed by atoms with Crippen molar-refractivity contribution in [2.75, 3.05) is 13.2 Å². The number of hydrogen-bond donors (Lipinski definition) is 1. The smallest absolute Gasteiger partial charge is 0.338 e. The van der Waals surface area contributed by atoms with Crippen molar-refractivity contribution in [3.8, 4) is 5.75 Å². The van der Waals surface area contributed by atoms with Crippen molar-refractivity contribution in [2.24, 2.45) is 0 Å². The van der Waals surface area contributed by atoms with Gasteiger partial charge in [0.2, 0.25) is 0 Å². The molecule has 2 aromatic rings. The highest BCUT2D eigenvalue weighted by molar-refractivity contribution is 5.91. The summed E-state index contributed by atoms with van der Waals surface area (Å²) in [5.74, 6) is 0.496. The average Bonchev–Trinajstić information content (AvgIpc) is 3.00. The second-order valence-corrected chi connectivity index (χ2v) is 6.25. The molecule has 0 unspecified atom stereocenters. The number of carbonyl (C=O) groups is 2. The van der Waals surface area contributed by atoms with E-state index >= 15 is 0 Å². The first-order valence-corrected chi connectivity index (χ1v) is 9.09. The number of amides is 1. The normalized spacial score (nSPS) is 10.5. The Balaban J connectivity index is 1.77. The van der Waals surface area contributed by atoms with E-state index in [1.54, 1.807) is 24.3 Å². The summed E-state index contributed by atoms with van der Waals surface area (Å²) in [6.45, 7) is 6.43. The number of unbranched alkanes of at least 4 members (excludes halogenated alkanes) is 2. The summed E-state index contributed by atoms with van der Waals surface area (Å²) >= 11 is 0. The van der Waals surface area contributed by atoms with Crippen molar-refractivity contribution in [1.82, 2.24) is 10.5 Å². The minimum atomic E-state index is -0.545. The Labute approximate surface area is 159 Å². The van der Waals surface area contributed by atoms with Crippen molar-refractivity contribution < 1.29 is 23.6 Å². The molecule has 1 aromatic heterocycles. The predicted octanol–water partition coefficient (Wildman–Crippen LogP) is 3.33. The Morgan fingerprint density at radius 2 is 1.89 bits per heavy atom. The molecule has 0 spiro atoms. The molecule has 0 saturated heterocycles. The van der Waals surface area contributed by atoms with E-state index in [0.29, 0.717) is 24.5 Å². The third-order valence-corrected chi connectivity index (χ3v) is 4.09. The first-order chi connectivity index (χ1) is 13.0. The van der Waals surface area contributed by atoms with Gasteiger partial charge in [-0.05, 0) is 44.5 Å². The monoisotopic (exact) mass is 374 g/mol. The maximum atomic E-state index is 12.0. The lowest BCUT2D eigenvalue weighted by molar-refractivity contribution is -0.124. The van der Waals surface area contributed by atoms with Gasteiger partial charge in [0.25, 0.3) is 5.91 Å². The van der Waals surface area contributed by atoms with Gasteiger partial charge in [-0.1, -0.05) is 24.9 Å². The minimum absolute atomic E-state index is 0.282. The van der Waals surface area contributed by atoms with Gasteiger partial charge in [0.05, 0.1) is 16.8 Å². The van der Waals surface area contributed by atoms with E-state index in [4.69, 9.17) is 14.0 Å². The predicted molar refractivity (Wildman–Crippen MR) is 99.6 cm³/mol. The molecule has 1 N–H and O–H groups in total. The SMILES string of the molecule is CCCCCNC(=O)COC(=O)c1ccc(OCc2c(C)noc2C)cc1. The third kappa shape index (κ3) is 6.44. The molecule has 1 aromatic carbocycles. The molecule has 1 heterocycles. The standard InChI is InChI=1S/C20H26N2O5/c1-4-5-6-11-21-19(23)13-26-20(24)16-7-9-17(10-8-16)25-12-18-14(2)22-27-15(18)3/h7-10H,4-6,11-13H2,1-3H3,(H,21,23). The zero-order valence-corrected chi connectivity index (χ0v) is 16.0. The summed E-state index contributed by atoms with van der Waals surface area (Å²) in [5.41, 5.74) is 2.06. The topological polar surface area (TPSA) is 90.7 Å². The van der Waals surface area contributed by atoms with E-state index in [9.17, 15) is 9.59 Å². The summed E-state index contributed by atoms with van der Waals surface area (Å²) in [7, 11) is 0. The molecule has 0 atom stereocenters. The van der Waals surface area contributed by atoms with Crippen molar-refractivity contribution in [3.05, 3.63) is 46.8 Å². The van der Waals surface area contributed by atoms with Crippen LogP contribution in [0.5, 0.6) is 5.75 Å². The fourth-order valence-electron chi connectivity index (χ4n) is 2.42. The van der Waals surface area contributed by atoms with Gasteiger partial charge in [0.15, 0.2) is 6.61 Å². The van der Waals surface area contributed by atoms with Gasteiger partial charge in [-0.2, -0.15) is 0 Å². The molecule has 0 aliphatic carbocycles. The summed E-state index contributed by atoms with van der Waals surface area (Å²) in [6.07, 6.45) is 3.07. The van der Waals surface area contributed by atoms with Gasteiger partial charge in [-0.15, -0.1) is 0 Å². The average molecular weight is 374 g/mol. The molecule has 7 heteroatoms. The van der Waals surface area contributed by atoms with Crippen LogP contribution >= 0.6 is 0 Å². The Morgan fingerprint density at radius 3 is 2.52 bits per heavy atom. The highest BCUT2D eigenvalue weighted by Gasteiger charge is 2.12. The highest BCUT2D eigenvalue weighted by Crippen LogP contribution is 2.18. The number of aromatic nitrogens is 1. The fourth-order valence-corrected chi connectivity index (χ4v) is 2.42. The maximum absolute atomic E-state index is 12.0. The molecule has 0 aliphatic rings. The van der Waals surface area contributed by atoms with Gasteiger partial charge in [0.1, 0.15) is 18.1 Å². The number of benzene rings is 1. The second-order valence-electron chi connectivity index (χ2n) is 6.25.